The van der Waals surface area contributed by atoms with E-state index in [2.05, 4.69) is 6.58 Å². The Kier molecular flexibility index (Phi) is 6.59. The summed E-state index contributed by atoms with van der Waals surface area (Å²) in [7, 11) is 0. The number of carbonyl (C=O) groups is 1. The van der Waals surface area contributed by atoms with Crippen LogP contribution in [0.2, 0.25) is 0 Å². The third-order valence-corrected chi connectivity index (χ3v) is 1.50. The van der Waals surface area contributed by atoms with E-state index in [0.717, 1.165) is 25.7 Å². The van der Waals surface area contributed by atoms with E-state index in [0.29, 0.717) is 6.42 Å². The van der Waals surface area contributed by atoms with Gasteiger partial charge in [0.2, 0.25) is 0 Å². The minimum absolute atomic E-state index is 0.125. The van der Waals surface area contributed by atoms with E-state index in [1.165, 1.54) is 12.3 Å². The normalized spacial score (nSPS) is 9.09. The van der Waals surface area contributed by atoms with Crippen LogP contribution >= 0.6 is 0 Å². The standard InChI is InChI=1S/C9H15NO/c1-2-9(11)7-5-3-4-6-8-10/h2,8,10H,1,3-7H2. The van der Waals surface area contributed by atoms with E-state index in [1.807, 2.05) is 0 Å². The van der Waals surface area contributed by atoms with Crippen molar-refractivity contribution in [3.8, 4) is 0 Å². The molecule has 0 amide bonds. The zero-order valence-electron chi connectivity index (χ0n) is 6.81. The van der Waals surface area contributed by atoms with E-state index in [9.17, 15) is 4.79 Å². The van der Waals surface area contributed by atoms with Crippen LogP contribution in [-0.2, 0) is 4.79 Å². The summed E-state index contributed by atoms with van der Waals surface area (Å²) < 4.78 is 0. The SMILES string of the molecule is C=CC(=O)CCCCCC=N. The highest BCUT2D eigenvalue weighted by atomic mass is 16.1. The Morgan fingerprint density at radius 3 is 2.64 bits per heavy atom. The van der Waals surface area contributed by atoms with Gasteiger partial charge in [-0.25, -0.2) is 0 Å². The van der Waals surface area contributed by atoms with Gasteiger partial charge in [-0.1, -0.05) is 13.0 Å². The van der Waals surface area contributed by atoms with E-state index in [-0.39, 0.29) is 5.78 Å². The summed E-state index contributed by atoms with van der Waals surface area (Å²) in [6.07, 6.45) is 7.22. The molecule has 0 aromatic carbocycles. The van der Waals surface area contributed by atoms with E-state index < -0.39 is 0 Å². The average molecular weight is 153 g/mol. The number of allylic oxidation sites excluding steroid dienone is 1. The highest BCUT2D eigenvalue weighted by molar-refractivity contribution is 5.88. The molecule has 0 aromatic heterocycles. The summed E-state index contributed by atoms with van der Waals surface area (Å²) >= 11 is 0. The van der Waals surface area contributed by atoms with Gasteiger partial charge in [-0.2, -0.15) is 0 Å². The van der Waals surface area contributed by atoms with Crippen molar-refractivity contribution >= 4 is 12.0 Å². The maximum absolute atomic E-state index is 10.7. The third-order valence-electron chi connectivity index (χ3n) is 1.50. The fourth-order valence-corrected chi connectivity index (χ4v) is 0.824. The number of carbonyl (C=O) groups excluding carboxylic acids is 1. The molecule has 0 saturated carbocycles. The summed E-state index contributed by atoms with van der Waals surface area (Å²) in [6.45, 7) is 3.39. The van der Waals surface area contributed by atoms with Gasteiger partial charge >= 0.3 is 0 Å². The van der Waals surface area contributed by atoms with Crippen molar-refractivity contribution in [2.24, 2.45) is 0 Å². The molecule has 0 aromatic rings. The topological polar surface area (TPSA) is 40.9 Å². The summed E-state index contributed by atoms with van der Waals surface area (Å²) in [5.74, 6) is 0.125. The molecule has 0 radical (unpaired) electrons. The van der Waals surface area contributed by atoms with Crippen LogP contribution in [0.25, 0.3) is 0 Å². The number of unbranched alkanes of at least 4 members (excludes halogenated alkanes) is 3. The second-order valence-corrected chi connectivity index (χ2v) is 2.47. The molecule has 0 unspecified atom stereocenters. The van der Waals surface area contributed by atoms with E-state index in [1.54, 1.807) is 0 Å². The first-order chi connectivity index (χ1) is 5.31. The molecule has 0 spiro atoms. The molecule has 0 bridgehead atoms. The molecule has 0 aliphatic rings. The predicted molar refractivity (Wildman–Crippen MR) is 47.1 cm³/mol. The monoisotopic (exact) mass is 153 g/mol. The quantitative estimate of drug-likeness (QED) is 0.340. The maximum Gasteiger partial charge on any atom is 0.155 e. The number of hydrogen-bond donors (Lipinski definition) is 1. The third kappa shape index (κ3) is 6.97. The van der Waals surface area contributed by atoms with Gasteiger partial charge in [0.1, 0.15) is 0 Å². The van der Waals surface area contributed by atoms with Crippen LogP contribution in [0.1, 0.15) is 32.1 Å². The lowest BCUT2D eigenvalue weighted by Crippen LogP contribution is -1.91. The molecule has 0 heterocycles. The fraction of sp³-hybridized carbons (Fsp3) is 0.556. The Labute approximate surface area is 67.8 Å². The molecule has 0 aliphatic carbocycles. The lowest BCUT2D eigenvalue weighted by molar-refractivity contribution is -0.114. The Morgan fingerprint density at radius 1 is 1.36 bits per heavy atom. The van der Waals surface area contributed by atoms with Crippen molar-refractivity contribution in [3.05, 3.63) is 12.7 Å². The van der Waals surface area contributed by atoms with Crippen LogP contribution in [0.15, 0.2) is 12.7 Å². The second kappa shape index (κ2) is 7.19. The van der Waals surface area contributed by atoms with Crippen molar-refractivity contribution in [1.29, 1.82) is 5.41 Å². The molecule has 2 heteroatoms. The number of rotatable bonds is 7. The van der Waals surface area contributed by atoms with Gasteiger partial charge < -0.3 is 5.41 Å². The Bertz CT molecular complexity index is 140. The van der Waals surface area contributed by atoms with Crippen LogP contribution in [0.4, 0.5) is 0 Å². The summed E-state index contributed by atoms with van der Waals surface area (Å²) in [5.41, 5.74) is 0. The predicted octanol–water partition coefficient (Wildman–Crippen LogP) is 2.34. The lowest BCUT2D eigenvalue weighted by Gasteiger charge is -1.94. The van der Waals surface area contributed by atoms with Gasteiger partial charge in [0.15, 0.2) is 5.78 Å². The zero-order valence-corrected chi connectivity index (χ0v) is 6.81. The highest BCUT2D eigenvalue weighted by Crippen LogP contribution is 2.02. The molecule has 1 N–H and O–H groups in total. The van der Waals surface area contributed by atoms with Crippen molar-refractivity contribution in [2.45, 2.75) is 32.1 Å². The van der Waals surface area contributed by atoms with Gasteiger partial charge in [-0.15, -0.1) is 0 Å². The van der Waals surface area contributed by atoms with Crippen LogP contribution < -0.4 is 0 Å². The molecule has 0 atom stereocenters. The molecule has 0 aliphatic heterocycles. The van der Waals surface area contributed by atoms with Crippen molar-refractivity contribution in [1.82, 2.24) is 0 Å². The van der Waals surface area contributed by atoms with Gasteiger partial charge in [-0.3, -0.25) is 4.79 Å². The molecule has 0 fully saturated rings. The molecular formula is C9H15NO. The summed E-state index contributed by atoms with van der Waals surface area (Å²) in [6, 6.07) is 0. The van der Waals surface area contributed by atoms with E-state index in [4.69, 9.17) is 5.41 Å². The molecule has 11 heavy (non-hydrogen) atoms. The van der Waals surface area contributed by atoms with Crippen LogP contribution in [-0.4, -0.2) is 12.0 Å². The van der Waals surface area contributed by atoms with Crippen molar-refractivity contribution in [2.75, 3.05) is 0 Å². The Hall–Kier alpha value is -0.920. The Balaban J connectivity index is 3.07. The van der Waals surface area contributed by atoms with Crippen LogP contribution in [0, 0.1) is 5.41 Å². The number of hydrogen-bond acceptors (Lipinski definition) is 2. The minimum Gasteiger partial charge on any atom is -0.313 e. The number of nitrogens with one attached hydrogen (secondary N) is 1. The smallest absolute Gasteiger partial charge is 0.155 e. The first-order valence-electron chi connectivity index (χ1n) is 3.95. The van der Waals surface area contributed by atoms with Crippen LogP contribution in [0.3, 0.4) is 0 Å². The van der Waals surface area contributed by atoms with Crippen LogP contribution in [0.5, 0.6) is 0 Å². The molecule has 0 rings (SSSR count). The highest BCUT2D eigenvalue weighted by Gasteiger charge is 1.94. The first-order valence-corrected chi connectivity index (χ1v) is 3.95. The Morgan fingerprint density at radius 2 is 2.09 bits per heavy atom. The fourth-order valence-electron chi connectivity index (χ4n) is 0.824. The second-order valence-electron chi connectivity index (χ2n) is 2.47. The van der Waals surface area contributed by atoms with E-state index >= 15 is 0 Å². The zero-order chi connectivity index (χ0) is 8.53. The van der Waals surface area contributed by atoms with Gasteiger partial charge in [0.05, 0.1) is 0 Å². The summed E-state index contributed by atoms with van der Waals surface area (Å²) in [5, 5.41) is 6.75. The van der Waals surface area contributed by atoms with Gasteiger partial charge in [0.25, 0.3) is 0 Å². The lowest BCUT2D eigenvalue weighted by atomic mass is 10.1. The van der Waals surface area contributed by atoms with Crippen molar-refractivity contribution in [3.63, 3.8) is 0 Å². The summed E-state index contributed by atoms with van der Waals surface area (Å²) in [4.78, 5) is 10.7. The minimum atomic E-state index is 0.125. The average Bonchev–Trinajstić information content (AvgIpc) is 2.04. The number of ketones is 1. The van der Waals surface area contributed by atoms with Gasteiger partial charge in [-0.05, 0) is 31.6 Å². The molecule has 62 valence electrons. The molecular weight excluding hydrogens is 138 g/mol. The largest absolute Gasteiger partial charge is 0.313 e. The van der Waals surface area contributed by atoms with Crippen molar-refractivity contribution < 1.29 is 4.79 Å². The molecule has 2 nitrogen and oxygen atoms in total. The maximum atomic E-state index is 10.7. The molecule has 0 saturated heterocycles. The first kappa shape index (κ1) is 10.1. The van der Waals surface area contributed by atoms with Gasteiger partial charge in [0, 0.05) is 6.42 Å².